The Morgan fingerprint density at radius 3 is 2.39 bits per heavy atom. The molecule has 6 heteroatoms. The predicted octanol–water partition coefficient (Wildman–Crippen LogP) is 4.56. The van der Waals surface area contributed by atoms with Crippen molar-refractivity contribution in [2.75, 3.05) is 0 Å². The maximum Gasteiger partial charge on any atom is 0.0701 e. The standard InChI is InChI=1S/C12H11BrCl2N2S/c13-12-2-1-10(18-12)6-11(17-16)7-3-8(14)5-9(15)4-7/h1-5,11,17H,6,16H2. The fourth-order valence-corrected chi connectivity index (χ4v) is 3.78. The van der Waals surface area contributed by atoms with Crippen LogP contribution in [0, 0.1) is 0 Å². The molecule has 0 aliphatic rings. The van der Waals surface area contributed by atoms with Gasteiger partial charge in [-0.25, -0.2) is 0 Å². The zero-order chi connectivity index (χ0) is 13.1. The van der Waals surface area contributed by atoms with Crippen molar-refractivity contribution in [2.24, 2.45) is 5.84 Å². The molecule has 0 saturated carbocycles. The number of rotatable bonds is 4. The first-order chi connectivity index (χ1) is 8.58. The van der Waals surface area contributed by atoms with Crippen molar-refractivity contribution in [1.29, 1.82) is 0 Å². The van der Waals surface area contributed by atoms with Crippen LogP contribution >= 0.6 is 50.5 Å². The van der Waals surface area contributed by atoms with Crippen LogP contribution in [0.3, 0.4) is 0 Å². The summed E-state index contributed by atoms with van der Waals surface area (Å²) in [5.41, 5.74) is 3.79. The van der Waals surface area contributed by atoms with Crippen molar-refractivity contribution in [3.05, 3.63) is 54.6 Å². The first-order valence-electron chi connectivity index (χ1n) is 5.25. The lowest BCUT2D eigenvalue weighted by Crippen LogP contribution is -2.29. The zero-order valence-electron chi connectivity index (χ0n) is 9.29. The molecule has 1 aromatic heterocycles. The van der Waals surface area contributed by atoms with Gasteiger partial charge in [0.2, 0.25) is 0 Å². The van der Waals surface area contributed by atoms with E-state index < -0.39 is 0 Å². The van der Waals surface area contributed by atoms with Gasteiger partial charge in [-0.2, -0.15) is 0 Å². The third kappa shape index (κ3) is 3.70. The van der Waals surface area contributed by atoms with Crippen molar-refractivity contribution in [3.63, 3.8) is 0 Å². The van der Waals surface area contributed by atoms with Gasteiger partial charge in [0.1, 0.15) is 0 Å². The Morgan fingerprint density at radius 1 is 1.22 bits per heavy atom. The Kier molecular flexibility index (Phi) is 5.06. The number of thiophene rings is 1. The molecule has 2 aromatic rings. The fourth-order valence-electron chi connectivity index (χ4n) is 1.71. The third-order valence-electron chi connectivity index (χ3n) is 2.52. The summed E-state index contributed by atoms with van der Waals surface area (Å²) in [5.74, 6) is 5.62. The molecule has 2 nitrogen and oxygen atoms in total. The molecular formula is C12H11BrCl2N2S. The Hall–Kier alpha value is -0.100. The lowest BCUT2D eigenvalue weighted by molar-refractivity contribution is 0.555. The maximum atomic E-state index is 6.00. The van der Waals surface area contributed by atoms with Gasteiger partial charge in [0.05, 0.1) is 9.83 Å². The van der Waals surface area contributed by atoms with E-state index in [1.54, 1.807) is 17.4 Å². The summed E-state index contributed by atoms with van der Waals surface area (Å²) in [6.45, 7) is 0. The van der Waals surface area contributed by atoms with E-state index in [1.807, 2.05) is 18.2 Å². The number of benzene rings is 1. The monoisotopic (exact) mass is 364 g/mol. The first kappa shape index (κ1) is 14.3. The molecule has 18 heavy (non-hydrogen) atoms. The molecule has 0 saturated heterocycles. The molecule has 2 rings (SSSR count). The van der Waals surface area contributed by atoms with Gasteiger partial charge in [-0.05, 0) is 51.8 Å². The minimum atomic E-state index is -0.00764. The highest BCUT2D eigenvalue weighted by Gasteiger charge is 2.13. The molecule has 96 valence electrons. The Bertz CT molecular complexity index is 524. The van der Waals surface area contributed by atoms with Crippen LogP contribution in [0.15, 0.2) is 34.1 Å². The van der Waals surface area contributed by atoms with E-state index in [1.165, 1.54) is 4.88 Å². The molecule has 0 amide bonds. The second-order valence-corrected chi connectivity index (χ2v) is 7.25. The van der Waals surface area contributed by atoms with Crippen molar-refractivity contribution in [2.45, 2.75) is 12.5 Å². The number of nitrogens with one attached hydrogen (secondary N) is 1. The first-order valence-corrected chi connectivity index (χ1v) is 7.61. The largest absolute Gasteiger partial charge is 0.271 e. The smallest absolute Gasteiger partial charge is 0.0701 e. The van der Waals surface area contributed by atoms with E-state index in [0.29, 0.717) is 10.0 Å². The summed E-state index contributed by atoms with van der Waals surface area (Å²) in [5, 5.41) is 1.23. The second kappa shape index (κ2) is 6.37. The Morgan fingerprint density at radius 2 is 1.89 bits per heavy atom. The summed E-state index contributed by atoms with van der Waals surface area (Å²) >= 11 is 17.1. The van der Waals surface area contributed by atoms with Crippen molar-refractivity contribution < 1.29 is 0 Å². The fraction of sp³-hybridized carbons (Fsp3) is 0.167. The van der Waals surface area contributed by atoms with Gasteiger partial charge in [-0.3, -0.25) is 11.3 Å². The summed E-state index contributed by atoms with van der Waals surface area (Å²) < 4.78 is 1.11. The van der Waals surface area contributed by atoms with Crippen molar-refractivity contribution in [3.8, 4) is 0 Å². The topological polar surface area (TPSA) is 38.0 Å². The van der Waals surface area contributed by atoms with Crippen LogP contribution in [0.25, 0.3) is 0 Å². The van der Waals surface area contributed by atoms with Crippen LogP contribution in [-0.4, -0.2) is 0 Å². The van der Waals surface area contributed by atoms with Crippen LogP contribution < -0.4 is 11.3 Å². The average molecular weight is 366 g/mol. The summed E-state index contributed by atoms with van der Waals surface area (Å²) in [6, 6.07) is 9.55. The highest BCUT2D eigenvalue weighted by molar-refractivity contribution is 9.11. The number of hydrogen-bond acceptors (Lipinski definition) is 3. The number of nitrogens with two attached hydrogens (primary N) is 1. The summed E-state index contributed by atoms with van der Waals surface area (Å²) in [4.78, 5) is 1.24. The van der Waals surface area contributed by atoms with E-state index >= 15 is 0 Å². The highest BCUT2D eigenvalue weighted by atomic mass is 79.9. The highest BCUT2D eigenvalue weighted by Crippen LogP contribution is 2.29. The van der Waals surface area contributed by atoms with Gasteiger partial charge in [0.25, 0.3) is 0 Å². The number of hydrazine groups is 1. The van der Waals surface area contributed by atoms with E-state index in [-0.39, 0.29) is 6.04 Å². The van der Waals surface area contributed by atoms with Gasteiger partial charge in [0.15, 0.2) is 0 Å². The van der Waals surface area contributed by atoms with Crippen LogP contribution in [-0.2, 0) is 6.42 Å². The molecule has 0 aliphatic heterocycles. The van der Waals surface area contributed by atoms with Crippen LogP contribution in [0.5, 0.6) is 0 Å². The second-order valence-electron chi connectivity index (χ2n) is 3.83. The van der Waals surface area contributed by atoms with E-state index in [0.717, 1.165) is 15.8 Å². The minimum absolute atomic E-state index is 0.00764. The summed E-state index contributed by atoms with van der Waals surface area (Å²) in [7, 11) is 0. The van der Waals surface area contributed by atoms with Crippen LogP contribution in [0.2, 0.25) is 10.0 Å². The SMILES string of the molecule is NNC(Cc1ccc(Br)s1)c1cc(Cl)cc(Cl)c1. The van der Waals surface area contributed by atoms with E-state index in [4.69, 9.17) is 29.0 Å². The minimum Gasteiger partial charge on any atom is -0.271 e. The van der Waals surface area contributed by atoms with E-state index in [9.17, 15) is 0 Å². The maximum absolute atomic E-state index is 6.00. The molecule has 1 unspecified atom stereocenters. The molecule has 1 atom stereocenters. The lowest BCUT2D eigenvalue weighted by atomic mass is 10.0. The van der Waals surface area contributed by atoms with Crippen LogP contribution in [0.1, 0.15) is 16.5 Å². The number of halogens is 3. The van der Waals surface area contributed by atoms with Gasteiger partial charge < -0.3 is 0 Å². The van der Waals surface area contributed by atoms with Crippen LogP contribution in [0.4, 0.5) is 0 Å². The molecule has 1 aromatic carbocycles. The zero-order valence-corrected chi connectivity index (χ0v) is 13.2. The predicted molar refractivity (Wildman–Crippen MR) is 82.2 cm³/mol. The lowest BCUT2D eigenvalue weighted by Gasteiger charge is -2.16. The number of hydrogen-bond donors (Lipinski definition) is 2. The molecule has 0 aliphatic carbocycles. The van der Waals surface area contributed by atoms with Gasteiger partial charge in [-0.15, -0.1) is 11.3 Å². The van der Waals surface area contributed by atoms with E-state index in [2.05, 4.69) is 27.4 Å². The van der Waals surface area contributed by atoms with Crippen molar-refractivity contribution >= 4 is 50.5 Å². The molecule has 0 radical (unpaired) electrons. The quantitative estimate of drug-likeness (QED) is 0.615. The van der Waals surface area contributed by atoms with Gasteiger partial charge >= 0.3 is 0 Å². The average Bonchev–Trinajstić information content (AvgIpc) is 2.70. The molecule has 1 heterocycles. The third-order valence-corrected chi connectivity index (χ3v) is 4.61. The molecule has 3 N–H and O–H groups in total. The molecular weight excluding hydrogens is 355 g/mol. The van der Waals surface area contributed by atoms with Crippen molar-refractivity contribution in [1.82, 2.24) is 5.43 Å². The Labute approximate surface area is 128 Å². The molecule has 0 bridgehead atoms. The molecule has 0 fully saturated rings. The Balaban J connectivity index is 2.22. The van der Waals surface area contributed by atoms with Gasteiger partial charge in [-0.1, -0.05) is 23.2 Å². The molecule has 0 spiro atoms. The summed E-state index contributed by atoms with van der Waals surface area (Å²) in [6.07, 6.45) is 0.795. The normalized spacial score (nSPS) is 12.7. The van der Waals surface area contributed by atoms with Gasteiger partial charge in [0, 0.05) is 21.3 Å².